The van der Waals surface area contributed by atoms with Crippen molar-refractivity contribution in [1.29, 1.82) is 0 Å². The van der Waals surface area contributed by atoms with Gasteiger partial charge in [-0.2, -0.15) is 4.31 Å². The van der Waals surface area contributed by atoms with Crippen LogP contribution in [-0.2, 0) is 26.2 Å². The largest absolute Gasteiger partial charge is 0.481 e. The molecular weight excluding hydrogens is 370 g/mol. The summed E-state index contributed by atoms with van der Waals surface area (Å²) in [6.45, 7) is -0.128. The third-order valence-electron chi connectivity index (χ3n) is 4.55. The van der Waals surface area contributed by atoms with Crippen LogP contribution in [0.25, 0.3) is 0 Å². The van der Waals surface area contributed by atoms with Gasteiger partial charge in [0.2, 0.25) is 15.9 Å². The summed E-state index contributed by atoms with van der Waals surface area (Å²) >= 11 is 0. The Morgan fingerprint density at radius 1 is 1.26 bits per heavy atom. The van der Waals surface area contributed by atoms with Crippen LogP contribution in [0.15, 0.2) is 53.7 Å². The van der Waals surface area contributed by atoms with Gasteiger partial charge in [0.05, 0.1) is 12.5 Å². The Labute approximate surface area is 157 Å². The number of carbonyl (C=O) groups excluding carboxylic acids is 1. The molecule has 1 atom stereocenters. The predicted molar refractivity (Wildman–Crippen MR) is 96.3 cm³/mol. The van der Waals surface area contributed by atoms with Gasteiger partial charge < -0.3 is 10.0 Å². The number of rotatable bonds is 5. The van der Waals surface area contributed by atoms with E-state index in [1.807, 2.05) is 0 Å². The molecule has 2 aromatic rings. The van der Waals surface area contributed by atoms with Gasteiger partial charge in [0.1, 0.15) is 4.90 Å². The Bertz CT molecular complexity index is 962. The highest BCUT2D eigenvalue weighted by Crippen LogP contribution is 2.28. The van der Waals surface area contributed by atoms with Crippen molar-refractivity contribution in [3.8, 4) is 0 Å². The number of pyridine rings is 1. The quantitative estimate of drug-likeness (QED) is 0.814. The summed E-state index contributed by atoms with van der Waals surface area (Å²) in [6.07, 6.45) is 2.68. The van der Waals surface area contributed by atoms with Crippen molar-refractivity contribution in [2.45, 2.75) is 17.4 Å². The molecule has 1 amide bonds. The number of carbonyl (C=O) groups is 2. The minimum absolute atomic E-state index is 0.00591. The maximum Gasteiger partial charge on any atom is 0.312 e. The number of amides is 1. The number of sulfonamides is 1. The number of likely N-dealkylation sites (N-methyl/N-ethyl adjacent to an activating group) is 1. The molecule has 1 unspecified atom stereocenters. The van der Waals surface area contributed by atoms with Gasteiger partial charge in [-0.1, -0.05) is 24.3 Å². The molecule has 1 aliphatic rings. The van der Waals surface area contributed by atoms with Gasteiger partial charge in [-0.15, -0.1) is 0 Å². The minimum Gasteiger partial charge on any atom is -0.481 e. The molecule has 1 N–H and O–H groups in total. The lowest BCUT2D eigenvalue weighted by molar-refractivity contribution is -0.141. The summed E-state index contributed by atoms with van der Waals surface area (Å²) < 4.78 is 26.0. The van der Waals surface area contributed by atoms with Crippen LogP contribution in [0.1, 0.15) is 17.0 Å². The van der Waals surface area contributed by atoms with Crippen molar-refractivity contribution in [2.24, 2.45) is 0 Å². The lowest BCUT2D eigenvalue weighted by Gasteiger charge is -2.33. The predicted octanol–water partition coefficient (Wildman–Crippen LogP) is 0.913. The van der Waals surface area contributed by atoms with Crippen molar-refractivity contribution in [3.05, 3.63) is 59.9 Å². The smallest absolute Gasteiger partial charge is 0.312 e. The molecule has 1 aromatic carbocycles. The summed E-state index contributed by atoms with van der Waals surface area (Å²) in [5.41, 5.74) is 1.44. The number of fused-ring (bicyclic) bond motifs is 1. The Morgan fingerprint density at radius 3 is 2.67 bits per heavy atom. The second-order valence-electron chi connectivity index (χ2n) is 6.31. The summed E-state index contributed by atoms with van der Waals surface area (Å²) in [7, 11) is -2.54. The van der Waals surface area contributed by atoms with Gasteiger partial charge >= 0.3 is 5.97 Å². The summed E-state index contributed by atoms with van der Waals surface area (Å²) in [4.78, 5) is 29.4. The maximum absolute atomic E-state index is 12.7. The fourth-order valence-corrected chi connectivity index (χ4v) is 4.15. The van der Waals surface area contributed by atoms with Gasteiger partial charge in [-0.3, -0.25) is 14.6 Å². The number of nitrogens with zero attached hydrogens (tertiary/aromatic N) is 3. The molecule has 1 aliphatic heterocycles. The monoisotopic (exact) mass is 389 g/mol. The van der Waals surface area contributed by atoms with E-state index in [4.69, 9.17) is 0 Å². The Hall–Kier alpha value is -2.78. The first-order valence-electron chi connectivity index (χ1n) is 8.25. The standard InChI is InChI=1S/C18H19N3O5S/c1-20(27(25,26)14-6-4-8-19-9-14)12-17(22)21-10-13-5-2-3-7-15(13)16(11-21)18(23)24/h2-9,16H,10-12H2,1H3,(H,23,24). The fraction of sp³-hybridized carbons (Fsp3) is 0.278. The number of aromatic nitrogens is 1. The van der Waals surface area contributed by atoms with Crippen LogP contribution in [0, 0.1) is 0 Å². The van der Waals surface area contributed by atoms with Gasteiger partial charge in [0.25, 0.3) is 0 Å². The van der Waals surface area contributed by atoms with E-state index in [-0.39, 0.29) is 24.5 Å². The van der Waals surface area contributed by atoms with Crippen LogP contribution in [0.2, 0.25) is 0 Å². The number of carboxylic acid groups (broad SMARTS) is 1. The number of hydrogen-bond acceptors (Lipinski definition) is 5. The summed E-state index contributed by atoms with van der Waals surface area (Å²) in [6, 6.07) is 9.98. The third kappa shape index (κ3) is 3.83. The molecule has 3 rings (SSSR count). The van der Waals surface area contributed by atoms with Crippen LogP contribution >= 0.6 is 0 Å². The highest BCUT2D eigenvalue weighted by molar-refractivity contribution is 7.89. The van der Waals surface area contributed by atoms with E-state index in [1.165, 1.54) is 36.5 Å². The average Bonchev–Trinajstić information content (AvgIpc) is 2.67. The minimum atomic E-state index is -3.86. The van der Waals surface area contributed by atoms with E-state index >= 15 is 0 Å². The molecule has 0 fully saturated rings. The van der Waals surface area contributed by atoms with Crippen LogP contribution in [0.5, 0.6) is 0 Å². The van der Waals surface area contributed by atoms with E-state index in [1.54, 1.807) is 24.3 Å². The maximum atomic E-state index is 12.7. The molecule has 0 saturated heterocycles. The molecule has 0 saturated carbocycles. The third-order valence-corrected chi connectivity index (χ3v) is 6.33. The lowest BCUT2D eigenvalue weighted by atomic mass is 9.90. The zero-order chi connectivity index (χ0) is 19.6. The molecular formula is C18H19N3O5S. The van der Waals surface area contributed by atoms with Crippen LogP contribution in [-0.4, -0.2) is 59.7 Å². The summed E-state index contributed by atoms with van der Waals surface area (Å²) in [5.74, 6) is -2.30. The zero-order valence-electron chi connectivity index (χ0n) is 14.6. The molecule has 9 heteroatoms. The normalized spacial score (nSPS) is 16.8. The van der Waals surface area contributed by atoms with Crippen molar-refractivity contribution >= 4 is 21.9 Å². The van der Waals surface area contributed by atoms with E-state index < -0.39 is 27.8 Å². The second-order valence-corrected chi connectivity index (χ2v) is 8.36. The molecule has 0 aliphatic carbocycles. The van der Waals surface area contributed by atoms with Crippen LogP contribution in [0.3, 0.4) is 0 Å². The Morgan fingerprint density at radius 2 is 2.00 bits per heavy atom. The molecule has 8 nitrogen and oxygen atoms in total. The first-order chi connectivity index (χ1) is 12.8. The lowest BCUT2D eigenvalue weighted by Crippen LogP contribution is -2.45. The van der Waals surface area contributed by atoms with Gasteiger partial charge in [-0.25, -0.2) is 8.42 Å². The summed E-state index contributed by atoms with van der Waals surface area (Å²) in [5, 5.41) is 9.49. The first kappa shape index (κ1) is 19.0. The molecule has 0 radical (unpaired) electrons. The topological polar surface area (TPSA) is 108 Å². The molecule has 1 aromatic heterocycles. The first-order valence-corrected chi connectivity index (χ1v) is 9.69. The van der Waals surface area contributed by atoms with Crippen molar-refractivity contribution in [1.82, 2.24) is 14.2 Å². The second kappa shape index (κ2) is 7.45. The molecule has 2 heterocycles. The van der Waals surface area contributed by atoms with Crippen LogP contribution in [0.4, 0.5) is 0 Å². The number of benzene rings is 1. The number of hydrogen-bond donors (Lipinski definition) is 1. The molecule has 0 spiro atoms. The van der Waals surface area contributed by atoms with Gasteiger partial charge in [0, 0.05) is 32.5 Å². The van der Waals surface area contributed by atoms with Crippen LogP contribution < -0.4 is 0 Å². The average molecular weight is 389 g/mol. The molecule has 142 valence electrons. The van der Waals surface area contributed by atoms with E-state index in [9.17, 15) is 23.1 Å². The van der Waals surface area contributed by atoms with Crippen molar-refractivity contribution < 1.29 is 23.1 Å². The van der Waals surface area contributed by atoms with Gasteiger partial charge in [0.15, 0.2) is 0 Å². The van der Waals surface area contributed by atoms with Crippen molar-refractivity contribution in [3.63, 3.8) is 0 Å². The van der Waals surface area contributed by atoms with E-state index in [2.05, 4.69) is 4.98 Å². The number of aliphatic carboxylic acids is 1. The Kier molecular flexibility index (Phi) is 5.24. The molecule has 0 bridgehead atoms. The van der Waals surface area contributed by atoms with Crippen molar-refractivity contribution in [2.75, 3.05) is 20.1 Å². The SMILES string of the molecule is CN(CC(=O)N1Cc2ccccc2C(C(=O)O)C1)S(=O)(=O)c1cccnc1. The van der Waals surface area contributed by atoms with E-state index in [0.717, 1.165) is 9.87 Å². The van der Waals surface area contributed by atoms with E-state index in [0.29, 0.717) is 5.56 Å². The highest BCUT2D eigenvalue weighted by Gasteiger charge is 2.33. The van der Waals surface area contributed by atoms with Gasteiger partial charge in [-0.05, 0) is 23.3 Å². The Balaban J connectivity index is 1.78. The fourth-order valence-electron chi connectivity index (χ4n) is 3.06. The highest BCUT2D eigenvalue weighted by atomic mass is 32.2. The number of carboxylic acids is 1. The molecule has 27 heavy (non-hydrogen) atoms. The zero-order valence-corrected chi connectivity index (χ0v) is 15.5.